The second-order valence-corrected chi connectivity index (χ2v) is 8.18. The van der Waals surface area contributed by atoms with Gasteiger partial charge in [-0.3, -0.25) is 9.59 Å². The van der Waals surface area contributed by atoms with Gasteiger partial charge in [0.1, 0.15) is 0 Å². The van der Waals surface area contributed by atoms with Crippen molar-refractivity contribution < 1.29 is 4.79 Å². The quantitative estimate of drug-likeness (QED) is 0.486. The van der Waals surface area contributed by atoms with Crippen LogP contribution in [0.3, 0.4) is 0 Å². The number of pyridine rings is 1. The molecule has 4 aromatic rings. The Bertz CT molecular complexity index is 1310. The number of nitrogens with one attached hydrogen (secondary N) is 1. The van der Waals surface area contributed by atoms with E-state index in [1.165, 1.54) is 0 Å². The molecular formula is C27H26N2O2. The van der Waals surface area contributed by atoms with Gasteiger partial charge < -0.3 is 9.88 Å². The normalized spacial score (nSPS) is 10.9. The predicted octanol–water partition coefficient (Wildman–Crippen LogP) is 5.30. The molecule has 0 aliphatic heterocycles. The van der Waals surface area contributed by atoms with Crippen molar-refractivity contribution in [3.05, 3.63) is 117 Å². The van der Waals surface area contributed by atoms with Crippen molar-refractivity contribution in [2.45, 2.75) is 33.9 Å². The molecule has 0 fully saturated rings. The number of hydrogen-bond acceptors (Lipinski definition) is 2. The van der Waals surface area contributed by atoms with Crippen molar-refractivity contribution in [1.29, 1.82) is 0 Å². The van der Waals surface area contributed by atoms with E-state index in [0.717, 1.165) is 33.2 Å². The third kappa shape index (κ3) is 4.58. The summed E-state index contributed by atoms with van der Waals surface area (Å²) < 4.78 is 0. The fraction of sp³-hybridized carbons (Fsp3) is 0.185. The fourth-order valence-electron chi connectivity index (χ4n) is 4.00. The van der Waals surface area contributed by atoms with E-state index in [2.05, 4.69) is 11.1 Å². The zero-order chi connectivity index (χ0) is 22.0. The minimum absolute atomic E-state index is 0.0901. The van der Waals surface area contributed by atoms with Gasteiger partial charge in [-0.25, -0.2) is 0 Å². The summed E-state index contributed by atoms with van der Waals surface area (Å²) >= 11 is 0. The molecule has 0 atom stereocenters. The number of carbonyl (C=O) groups is 1. The van der Waals surface area contributed by atoms with Gasteiger partial charge in [0.25, 0.3) is 11.5 Å². The number of aromatic amines is 1. The van der Waals surface area contributed by atoms with Crippen LogP contribution in [0.15, 0.2) is 77.6 Å². The highest BCUT2D eigenvalue weighted by Crippen LogP contribution is 2.20. The first-order valence-corrected chi connectivity index (χ1v) is 10.4. The van der Waals surface area contributed by atoms with Crippen molar-refractivity contribution in [3.63, 3.8) is 0 Å². The zero-order valence-electron chi connectivity index (χ0n) is 18.1. The van der Waals surface area contributed by atoms with Crippen LogP contribution in [-0.2, 0) is 13.1 Å². The zero-order valence-corrected chi connectivity index (χ0v) is 18.1. The maximum absolute atomic E-state index is 13.4. The van der Waals surface area contributed by atoms with Gasteiger partial charge in [-0.1, -0.05) is 54.1 Å². The first-order valence-electron chi connectivity index (χ1n) is 10.4. The smallest absolute Gasteiger partial charge is 0.254 e. The molecule has 1 aromatic heterocycles. The van der Waals surface area contributed by atoms with Gasteiger partial charge in [-0.15, -0.1) is 0 Å². The minimum Gasteiger partial charge on any atom is -0.330 e. The van der Waals surface area contributed by atoms with Crippen molar-refractivity contribution >= 4 is 16.8 Å². The highest BCUT2D eigenvalue weighted by atomic mass is 16.2. The number of amides is 1. The van der Waals surface area contributed by atoms with E-state index in [4.69, 9.17) is 0 Å². The molecule has 0 saturated carbocycles. The van der Waals surface area contributed by atoms with E-state index >= 15 is 0 Å². The molecule has 0 spiro atoms. The summed E-state index contributed by atoms with van der Waals surface area (Å²) in [6.45, 7) is 6.69. The van der Waals surface area contributed by atoms with Gasteiger partial charge >= 0.3 is 0 Å². The Balaban J connectivity index is 1.74. The molecule has 0 unspecified atom stereocenters. The first kappa shape index (κ1) is 20.6. The molecular weight excluding hydrogens is 384 g/mol. The van der Waals surface area contributed by atoms with Gasteiger partial charge in [0, 0.05) is 28.6 Å². The Morgan fingerprint density at radius 1 is 0.839 bits per heavy atom. The van der Waals surface area contributed by atoms with E-state index in [0.29, 0.717) is 17.7 Å². The van der Waals surface area contributed by atoms with E-state index < -0.39 is 0 Å². The van der Waals surface area contributed by atoms with Gasteiger partial charge in [0.2, 0.25) is 0 Å². The van der Waals surface area contributed by atoms with Crippen LogP contribution in [0.2, 0.25) is 0 Å². The Kier molecular flexibility index (Phi) is 5.72. The molecule has 0 radical (unpaired) electrons. The summed E-state index contributed by atoms with van der Waals surface area (Å²) in [5.74, 6) is -0.0901. The van der Waals surface area contributed by atoms with Crippen LogP contribution in [0.1, 0.15) is 38.2 Å². The molecule has 1 amide bonds. The molecule has 4 nitrogen and oxygen atoms in total. The summed E-state index contributed by atoms with van der Waals surface area (Å²) in [6, 6.07) is 23.4. The summed E-state index contributed by atoms with van der Waals surface area (Å²) in [5, 5.41) is 1.00. The van der Waals surface area contributed by atoms with Crippen molar-refractivity contribution in [2.24, 2.45) is 0 Å². The molecule has 1 heterocycles. The Hall–Kier alpha value is -3.66. The first-order chi connectivity index (χ1) is 14.9. The molecule has 0 aliphatic carbocycles. The Labute approximate surface area is 182 Å². The molecule has 0 aliphatic rings. The Morgan fingerprint density at radius 3 is 2.35 bits per heavy atom. The third-order valence-electron chi connectivity index (χ3n) is 5.52. The molecule has 156 valence electrons. The average Bonchev–Trinajstić information content (AvgIpc) is 2.74. The lowest BCUT2D eigenvalue weighted by Crippen LogP contribution is -2.32. The number of rotatable bonds is 5. The van der Waals surface area contributed by atoms with Crippen LogP contribution in [-0.4, -0.2) is 15.8 Å². The van der Waals surface area contributed by atoms with E-state index in [-0.39, 0.29) is 18.0 Å². The van der Waals surface area contributed by atoms with Crippen molar-refractivity contribution in [3.8, 4) is 0 Å². The molecule has 3 aromatic carbocycles. The summed E-state index contributed by atoms with van der Waals surface area (Å²) in [6.07, 6.45) is 0. The van der Waals surface area contributed by atoms with Crippen LogP contribution in [0.4, 0.5) is 0 Å². The Morgan fingerprint density at radius 2 is 1.61 bits per heavy atom. The summed E-state index contributed by atoms with van der Waals surface area (Å²) in [4.78, 5) is 31.0. The summed E-state index contributed by atoms with van der Waals surface area (Å²) in [7, 11) is 0. The largest absolute Gasteiger partial charge is 0.330 e. The van der Waals surface area contributed by atoms with E-state index in [1.54, 1.807) is 4.90 Å². The molecule has 31 heavy (non-hydrogen) atoms. The van der Waals surface area contributed by atoms with E-state index in [9.17, 15) is 9.59 Å². The second-order valence-electron chi connectivity index (χ2n) is 8.18. The standard InChI is InChI=1S/C27H26N2O2/c1-18-8-7-11-22(13-18)27(31)29(16-21-9-5-4-6-10-21)17-23-15-24-20(3)12-19(2)14-25(24)28-26(23)30/h4-15H,16-17H2,1-3H3,(H,28,30). The SMILES string of the molecule is Cc1cccc(C(=O)N(Cc2ccccc2)Cc2cc3c(C)cc(C)cc3[nH]c2=O)c1. The van der Waals surface area contributed by atoms with Crippen LogP contribution >= 0.6 is 0 Å². The number of hydrogen-bond donors (Lipinski definition) is 1. The molecule has 0 saturated heterocycles. The number of carbonyl (C=O) groups excluding carboxylic acids is 1. The maximum atomic E-state index is 13.4. The van der Waals surface area contributed by atoms with Crippen molar-refractivity contribution in [2.75, 3.05) is 0 Å². The molecule has 4 heteroatoms. The van der Waals surface area contributed by atoms with Crippen LogP contribution in [0.25, 0.3) is 10.9 Å². The number of H-pyrrole nitrogens is 1. The maximum Gasteiger partial charge on any atom is 0.254 e. The van der Waals surface area contributed by atoms with Crippen LogP contribution < -0.4 is 5.56 Å². The van der Waals surface area contributed by atoms with Gasteiger partial charge in [-0.05, 0) is 61.7 Å². The molecule has 4 rings (SSSR count). The lowest BCUT2D eigenvalue weighted by atomic mass is 10.0. The molecule has 0 bridgehead atoms. The van der Waals surface area contributed by atoms with Crippen molar-refractivity contribution in [1.82, 2.24) is 9.88 Å². The number of nitrogens with zero attached hydrogens (tertiary/aromatic N) is 1. The number of aryl methyl sites for hydroxylation is 3. The predicted molar refractivity (Wildman–Crippen MR) is 125 cm³/mol. The fourth-order valence-corrected chi connectivity index (χ4v) is 4.00. The highest BCUT2D eigenvalue weighted by molar-refractivity contribution is 5.94. The van der Waals surface area contributed by atoms with Crippen LogP contribution in [0, 0.1) is 20.8 Å². The monoisotopic (exact) mass is 410 g/mol. The van der Waals surface area contributed by atoms with E-state index in [1.807, 2.05) is 87.5 Å². The topological polar surface area (TPSA) is 53.2 Å². The van der Waals surface area contributed by atoms with Gasteiger partial charge in [-0.2, -0.15) is 0 Å². The number of fused-ring (bicyclic) bond motifs is 1. The van der Waals surface area contributed by atoms with Gasteiger partial charge in [0.05, 0.1) is 6.54 Å². The van der Waals surface area contributed by atoms with Gasteiger partial charge in [0.15, 0.2) is 0 Å². The second kappa shape index (κ2) is 8.60. The minimum atomic E-state index is -0.160. The average molecular weight is 411 g/mol. The lowest BCUT2D eigenvalue weighted by molar-refractivity contribution is 0.0729. The molecule has 1 N–H and O–H groups in total. The lowest BCUT2D eigenvalue weighted by Gasteiger charge is -2.23. The third-order valence-corrected chi connectivity index (χ3v) is 5.52. The number of benzene rings is 3. The summed E-state index contributed by atoms with van der Waals surface area (Å²) in [5.41, 5.74) is 6.13. The van der Waals surface area contributed by atoms with Crippen LogP contribution in [0.5, 0.6) is 0 Å². The number of aromatic nitrogens is 1. The highest BCUT2D eigenvalue weighted by Gasteiger charge is 2.19.